The van der Waals surface area contributed by atoms with E-state index in [0.717, 1.165) is 11.5 Å². The van der Waals surface area contributed by atoms with Gasteiger partial charge in [0.05, 0.1) is 13.2 Å². The second kappa shape index (κ2) is 7.56. The molecule has 108 valence electrons. The van der Waals surface area contributed by atoms with E-state index >= 15 is 0 Å². The fraction of sp³-hybridized carbons (Fsp3) is 0.462. The molecule has 0 radical (unpaired) electrons. The van der Waals surface area contributed by atoms with Crippen LogP contribution < -0.4 is 5.32 Å². The second-order valence-electron chi connectivity index (χ2n) is 4.19. The fourth-order valence-electron chi connectivity index (χ4n) is 1.73. The van der Waals surface area contributed by atoms with Crippen molar-refractivity contribution in [2.45, 2.75) is 6.42 Å². The molecule has 1 amide bonds. The summed E-state index contributed by atoms with van der Waals surface area (Å²) < 4.78 is 11.8. The van der Waals surface area contributed by atoms with E-state index in [-0.39, 0.29) is 12.5 Å². The standard InChI is InChI=1S/C13H18N4O3/c1-19-8-9-20-10-13(18)14-6-5-12-16-15-11-4-2-3-7-17(11)12/h2-4,7H,5-6,8-10H2,1H3,(H,14,18). The SMILES string of the molecule is COCCOCC(=O)NCCc1nnc2ccccn12. The largest absolute Gasteiger partial charge is 0.382 e. The van der Waals surface area contributed by atoms with Crippen LogP contribution in [0.1, 0.15) is 5.82 Å². The van der Waals surface area contributed by atoms with Gasteiger partial charge in [0.25, 0.3) is 0 Å². The second-order valence-corrected chi connectivity index (χ2v) is 4.19. The molecule has 0 fully saturated rings. The summed E-state index contributed by atoms with van der Waals surface area (Å²) in [6.45, 7) is 1.45. The van der Waals surface area contributed by atoms with Crippen LogP contribution in [0.25, 0.3) is 5.65 Å². The van der Waals surface area contributed by atoms with Gasteiger partial charge in [-0.15, -0.1) is 10.2 Å². The van der Waals surface area contributed by atoms with Gasteiger partial charge in [-0.2, -0.15) is 0 Å². The third-order valence-corrected chi connectivity index (χ3v) is 2.72. The van der Waals surface area contributed by atoms with E-state index in [1.165, 1.54) is 0 Å². The third-order valence-electron chi connectivity index (χ3n) is 2.72. The quantitative estimate of drug-likeness (QED) is 0.690. The minimum atomic E-state index is -0.144. The normalized spacial score (nSPS) is 10.8. The Labute approximate surface area is 116 Å². The van der Waals surface area contributed by atoms with Crippen LogP contribution in [0.15, 0.2) is 24.4 Å². The summed E-state index contributed by atoms with van der Waals surface area (Å²) in [6.07, 6.45) is 2.52. The number of aromatic nitrogens is 3. The van der Waals surface area contributed by atoms with E-state index in [9.17, 15) is 4.79 Å². The van der Waals surface area contributed by atoms with E-state index < -0.39 is 0 Å². The van der Waals surface area contributed by atoms with Crippen LogP contribution in [0.3, 0.4) is 0 Å². The highest BCUT2D eigenvalue weighted by Gasteiger charge is 2.05. The van der Waals surface area contributed by atoms with Crippen molar-refractivity contribution in [3.05, 3.63) is 30.2 Å². The predicted octanol–water partition coefficient (Wildman–Crippen LogP) is 0.0510. The highest BCUT2D eigenvalue weighted by atomic mass is 16.5. The number of rotatable bonds is 8. The Morgan fingerprint density at radius 2 is 2.25 bits per heavy atom. The van der Waals surface area contributed by atoms with Crippen LogP contribution in [0.5, 0.6) is 0 Å². The molecule has 2 aromatic rings. The fourth-order valence-corrected chi connectivity index (χ4v) is 1.73. The topological polar surface area (TPSA) is 77.8 Å². The van der Waals surface area contributed by atoms with Gasteiger partial charge in [0.15, 0.2) is 5.65 Å². The van der Waals surface area contributed by atoms with E-state index in [1.807, 2.05) is 28.8 Å². The van der Waals surface area contributed by atoms with Crippen molar-refractivity contribution in [3.63, 3.8) is 0 Å². The summed E-state index contributed by atoms with van der Waals surface area (Å²) in [5.41, 5.74) is 0.803. The lowest BCUT2D eigenvalue weighted by Crippen LogP contribution is -2.30. The molecule has 0 saturated carbocycles. The van der Waals surface area contributed by atoms with Crippen molar-refractivity contribution >= 4 is 11.6 Å². The molecule has 0 aliphatic rings. The Bertz CT molecular complexity index is 555. The van der Waals surface area contributed by atoms with Crippen LogP contribution in [0.2, 0.25) is 0 Å². The molecule has 1 N–H and O–H groups in total. The molecule has 0 bridgehead atoms. The highest BCUT2D eigenvalue weighted by molar-refractivity contribution is 5.77. The molecular formula is C13H18N4O3. The number of nitrogens with zero attached hydrogens (tertiary/aromatic N) is 3. The molecule has 0 spiro atoms. The van der Waals surface area contributed by atoms with E-state index in [1.54, 1.807) is 7.11 Å². The van der Waals surface area contributed by atoms with E-state index in [4.69, 9.17) is 9.47 Å². The van der Waals surface area contributed by atoms with Gasteiger partial charge >= 0.3 is 0 Å². The number of hydrogen-bond donors (Lipinski definition) is 1. The van der Waals surface area contributed by atoms with Crippen LogP contribution >= 0.6 is 0 Å². The molecule has 2 rings (SSSR count). The lowest BCUT2D eigenvalue weighted by Gasteiger charge is -2.05. The molecule has 2 aromatic heterocycles. The zero-order valence-corrected chi connectivity index (χ0v) is 11.4. The number of carbonyl (C=O) groups excluding carboxylic acids is 1. The number of pyridine rings is 1. The Balaban J connectivity index is 1.71. The van der Waals surface area contributed by atoms with Gasteiger partial charge in [-0.25, -0.2) is 0 Å². The van der Waals surface area contributed by atoms with Gasteiger partial charge in [-0.3, -0.25) is 9.20 Å². The van der Waals surface area contributed by atoms with E-state index in [2.05, 4.69) is 15.5 Å². The summed E-state index contributed by atoms with van der Waals surface area (Å²) in [6, 6.07) is 5.72. The van der Waals surface area contributed by atoms with Gasteiger partial charge in [0.2, 0.25) is 5.91 Å². The first-order valence-corrected chi connectivity index (χ1v) is 6.43. The van der Waals surface area contributed by atoms with Gasteiger partial charge in [-0.1, -0.05) is 6.07 Å². The predicted molar refractivity (Wildman–Crippen MR) is 72.4 cm³/mol. The number of hydrogen-bond acceptors (Lipinski definition) is 5. The van der Waals surface area contributed by atoms with Crippen LogP contribution in [0, 0.1) is 0 Å². The number of ether oxygens (including phenoxy) is 2. The van der Waals surface area contributed by atoms with Gasteiger partial charge in [0.1, 0.15) is 12.4 Å². The van der Waals surface area contributed by atoms with Crippen molar-refractivity contribution in [2.24, 2.45) is 0 Å². The molecule has 20 heavy (non-hydrogen) atoms. The van der Waals surface area contributed by atoms with Crippen molar-refractivity contribution in [1.82, 2.24) is 19.9 Å². The van der Waals surface area contributed by atoms with Crippen molar-refractivity contribution in [1.29, 1.82) is 0 Å². The van der Waals surface area contributed by atoms with E-state index in [0.29, 0.717) is 26.2 Å². The zero-order chi connectivity index (χ0) is 14.2. The first-order valence-electron chi connectivity index (χ1n) is 6.43. The van der Waals surface area contributed by atoms with Crippen molar-refractivity contribution in [2.75, 3.05) is 33.5 Å². The number of methoxy groups -OCH3 is 1. The van der Waals surface area contributed by atoms with Crippen LogP contribution in [-0.4, -0.2) is 54.0 Å². The molecular weight excluding hydrogens is 260 g/mol. The number of fused-ring (bicyclic) bond motifs is 1. The Morgan fingerprint density at radius 3 is 3.10 bits per heavy atom. The smallest absolute Gasteiger partial charge is 0.246 e. The lowest BCUT2D eigenvalue weighted by molar-refractivity contribution is -0.126. The summed E-state index contributed by atoms with van der Waals surface area (Å²) in [4.78, 5) is 11.5. The Morgan fingerprint density at radius 1 is 1.35 bits per heavy atom. The summed E-state index contributed by atoms with van der Waals surface area (Å²) >= 11 is 0. The zero-order valence-electron chi connectivity index (χ0n) is 11.4. The molecule has 0 aliphatic carbocycles. The molecule has 0 aliphatic heterocycles. The summed E-state index contributed by atoms with van der Waals surface area (Å²) in [5, 5.41) is 10.9. The average molecular weight is 278 g/mol. The van der Waals surface area contributed by atoms with Crippen LogP contribution in [-0.2, 0) is 20.7 Å². The molecule has 2 heterocycles. The molecule has 0 aromatic carbocycles. The lowest BCUT2D eigenvalue weighted by atomic mass is 10.4. The van der Waals surface area contributed by atoms with Crippen molar-refractivity contribution in [3.8, 4) is 0 Å². The number of carbonyl (C=O) groups is 1. The average Bonchev–Trinajstić information content (AvgIpc) is 2.87. The molecule has 7 nitrogen and oxygen atoms in total. The van der Waals surface area contributed by atoms with Gasteiger partial charge in [0, 0.05) is 26.3 Å². The Kier molecular flexibility index (Phi) is 5.45. The minimum Gasteiger partial charge on any atom is -0.382 e. The first-order chi connectivity index (χ1) is 9.81. The number of nitrogens with one attached hydrogen (secondary N) is 1. The van der Waals surface area contributed by atoms with Gasteiger partial charge < -0.3 is 14.8 Å². The highest BCUT2D eigenvalue weighted by Crippen LogP contribution is 2.02. The van der Waals surface area contributed by atoms with Crippen LogP contribution in [0.4, 0.5) is 0 Å². The number of amides is 1. The van der Waals surface area contributed by atoms with Gasteiger partial charge in [-0.05, 0) is 12.1 Å². The monoisotopic (exact) mass is 278 g/mol. The molecule has 0 saturated heterocycles. The maximum absolute atomic E-state index is 11.5. The maximum Gasteiger partial charge on any atom is 0.246 e. The third kappa shape index (κ3) is 4.01. The van der Waals surface area contributed by atoms with Crippen molar-refractivity contribution < 1.29 is 14.3 Å². The maximum atomic E-state index is 11.5. The summed E-state index contributed by atoms with van der Waals surface area (Å²) in [7, 11) is 1.59. The summed E-state index contributed by atoms with van der Waals surface area (Å²) in [5.74, 6) is 0.677. The molecule has 0 unspecified atom stereocenters. The first kappa shape index (κ1) is 14.4. The molecule has 7 heteroatoms. The minimum absolute atomic E-state index is 0.0456. The molecule has 0 atom stereocenters. The Hall–Kier alpha value is -1.99.